The fraction of sp³-hybridized carbons (Fsp3) is 0.364. The molecule has 0 aliphatic carbocycles. The number of aliphatic hydroxyl groups is 1. The van der Waals surface area contributed by atoms with Gasteiger partial charge in [0.05, 0.1) is 6.61 Å². The van der Waals surface area contributed by atoms with Crippen LogP contribution in [0.3, 0.4) is 0 Å². The predicted octanol–water partition coefficient (Wildman–Crippen LogP) is 1.05. The highest BCUT2D eigenvalue weighted by molar-refractivity contribution is 6.31. The first-order chi connectivity index (χ1) is 7.54. The van der Waals surface area contributed by atoms with E-state index in [0.717, 1.165) is 5.56 Å². The van der Waals surface area contributed by atoms with E-state index in [1.807, 2.05) is 18.0 Å². The van der Waals surface area contributed by atoms with Gasteiger partial charge in [0.1, 0.15) is 5.84 Å². The smallest absolute Gasteiger partial charge is 0.122 e. The van der Waals surface area contributed by atoms with Crippen molar-refractivity contribution in [2.45, 2.75) is 6.54 Å². The predicted molar refractivity (Wildman–Crippen MR) is 65.9 cm³/mol. The number of likely N-dealkylation sites (N-methyl/N-ethyl adjacent to an activating group) is 1. The van der Waals surface area contributed by atoms with Crippen LogP contribution in [0, 0.1) is 5.41 Å². The van der Waals surface area contributed by atoms with Crippen molar-refractivity contribution in [3.05, 3.63) is 34.3 Å². The number of amidine groups is 1. The minimum absolute atomic E-state index is 0.0113. The molecule has 0 spiro atoms. The summed E-state index contributed by atoms with van der Waals surface area (Å²) < 4.78 is 0. The van der Waals surface area contributed by atoms with Gasteiger partial charge in [0, 0.05) is 23.7 Å². The Kier molecular flexibility index (Phi) is 4.73. The molecule has 0 unspecified atom stereocenters. The highest BCUT2D eigenvalue weighted by atomic mass is 35.5. The largest absolute Gasteiger partial charge is 0.395 e. The molecule has 1 aromatic carbocycles. The Morgan fingerprint density at radius 1 is 1.56 bits per heavy atom. The molecule has 0 fully saturated rings. The number of hydrogen-bond donors (Lipinski definition) is 3. The van der Waals surface area contributed by atoms with Crippen molar-refractivity contribution in [2.75, 3.05) is 20.2 Å². The number of hydrogen-bond acceptors (Lipinski definition) is 3. The monoisotopic (exact) mass is 241 g/mol. The molecule has 0 saturated carbocycles. The summed E-state index contributed by atoms with van der Waals surface area (Å²) in [5.74, 6) is 0.0113. The number of benzene rings is 1. The lowest BCUT2D eigenvalue weighted by atomic mass is 10.1. The third-order valence-electron chi connectivity index (χ3n) is 2.29. The van der Waals surface area contributed by atoms with E-state index in [1.54, 1.807) is 12.1 Å². The average Bonchev–Trinajstić information content (AvgIpc) is 2.21. The van der Waals surface area contributed by atoms with Crippen molar-refractivity contribution in [3.63, 3.8) is 0 Å². The van der Waals surface area contributed by atoms with Gasteiger partial charge in [-0.2, -0.15) is 0 Å². The molecule has 0 heterocycles. The molecular formula is C11H16ClN3O. The van der Waals surface area contributed by atoms with E-state index in [1.165, 1.54) is 0 Å². The van der Waals surface area contributed by atoms with Crippen LogP contribution in [0.15, 0.2) is 18.2 Å². The molecule has 0 amide bonds. The Hall–Kier alpha value is -1.10. The molecule has 0 bridgehead atoms. The lowest BCUT2D eigenvalue weighted by Crippen LogP contribution is -2.21. The molecule has 16 heavy (non-hydrogen) atoms. The van der Waals surface area contributed by atoms with Crippen molar-refractivity contribution in [1.82, 2.24) is 4.90 Å². The Balaban J connectivity index is 2.79. The molecule has 4 nitrogen and oxygen atoms in total. The van der Waals surface area contributed by atoms with Gasteiger partial charge in [-0.3, -0.25) is 10.3 Å². The number of rotatable bonds is 5. The highest BCUT2D eigenvalue weighted by Crippen LogP contribution is 2.19. The maximum Gasteiger partial charge on any atom is 0.122 e. The number of nitrogens with two attached hydrogens (primary N) is 1. The quantitative estimate of drug-likeness (QED) is 0.533. The van der Waals surface area contributed by atoms with Gasteiger partial charge in [0.2, 0.25) is 0 Å². The van der Waals surface area contributed by atoms with E-state index in [-0.39, 0.29) is 12.4 Å². The zero-order valence-corrected chi connectivity index (χ0v) is 9.96. The van der Waals surface area contributed by atoms with Gasteiger partial charge in [0.25, 0.3) is 0 Å². The normalized spacial score (nSPS) is 10.8. The molecule has 1 rings (SSSR count). The van der Waals surface area contributed by atoms with Crippen molar-refractivity contribution in [3.8, 4) is 0 Å². The Morgan fingerprint density at radius 2 is 2.25 bits per heavy atom. The zero-order chi connectivity index (χ0) is 12.1. The van der Waals surface area contributed by atoms with E-state index in [2.05, 4.69) is 0 Å². The van der Waals surface area contributed by atoms with Crippen LogP contribution in [0.2, 0.25) is 5.02 Å². The summed E-state index contributed by atoms with van der Waals surface area (Å²) in [6.07, 6.45) is 0. The van der Waals surface area contributed by atoms with Gasteiger partial charge in [-0.1, -0.05) is 23.7 Å². The molecule has 88 valence electrons. The summed E-state index contributed by atoms with van der Waals surface area (Å²) in [4.78, 5) is 1.97. The lowest BCUT2D eigenvalue weighted by molar-refractivity contribution is 0.217. The number of nitrogen functional groups attached to an aromatic ring is 1. The molecule has 0 aliphatic rings. The van der Waals surface area contributed by atoms with Gasteiger partial charge in [-0.15, -0.1) is 0 Å². The molecule has 0 aromatic heterocycles. The molecule has 0 saturated heterocycles. The lowest BCUT2D eigenvalue weighted by Gasteiger charge is -2.16. The van der Waals surface area contributed by atoms with Gasteiger partial charge < -0.3 is 10.8 Å². The van der Waals surface area contributed by atoms with Crippen LogP contribution in [0.1, 0.15) is 11.1 Å². The molecule has 0 atom stereocenters. The molecule has 1 aromatic rings. The summed E-state index contributed by atoms with van der Waals surface area (Å²) in [6.45, 7) is 1.39. The third kappa shape index (κ3) is 3.48. The second-order valence-electron chi connectivity index (χ2n) is 3.68. The number of nitrogens with zero attached hydrogens (tertiary/aromatic N) is 1. The number of halogens is 1. The SMILES string of the molecule is CN(CCO)Cc1ccc(C(=N)N)cc1Cl. The first-order valence-corrected chi connectivity index (χ1v) is 5.34. The molecule has 5 heteroatoms. The van der Waals surface area contributed by atoms with Gasteiger partial charge in [0.15, 0.2) is 0 Å². The maximum absolute atomic E-state index is 8.78. The van der Waals surface area contributed by atoms with Crippen LogP contribution in [0.25, 0.3) is 0 Å². The second-order valence-corrected chi connectivity index (χ2v) is 4.09. The van der Waals surface area contributed by atoms with Crippen LogP contribution in [-0.2, 0) is 6.54 Å². The number of nitrogens with one attached hydrogen (secondary N) is 1. The Morgan fingerprint density at radius 3 is 2.75 bits per heavy atom. The van der Waals surface area contributed by atoms with Crippen molar-refractivity contribution < 1.29 is 5.11 Å². The van der Waals surface area contributed by atoms with Crippen LogP contribution < -0.4 is 5.73 Å². The number of aliphatic hydroxyl groups excluding tert-OH is 1. The van der Waals surface area contributed by atoms with E-state index < -0.39 is 0 Å². The van der Waals surface area contributed by atoms with Crippen LogP contribution in [0.4, 0.5) is 0 Å². The van der Waals surface area contributed by atoms with Gasteiger partial charge in [-0.25, -0.2) is 0 Å². The van der Waals surface area contributed by atoms with Crippen LogP contribution in [0.5, 0.6) is 0 Å². The second kappa shape index (κ2) is 5.84. The zero-order valence-electron chi connectivity index (χ0n) is 9.20. The summed E-state index contributed by atoms with van der Waals surface area (Å²) >= 11 is 6.08. The van der Waals surface area contributed by atoms with Crippen LogP contribution >= 0.6 is 11.6 Å². The first-order valence-electron chi connectivity index (χ1n) is 4.97. The summed E-state index contributed by atoms with van der Waals surface area (Å²) in [5.41, 5.74) is 6.95. The molecule has 4 N–H and O–H groups in total. The Bertz CT molecular complexity index is 381. The van der Waals surface area contributed by atoms with Crippen molar-refractivity contribution in [1.29, 1.82) is 5.41 Å². The molecule has 0 radical (unpaired) electrons. The van der Waals surface area contributed by atoms with E-state index in [0.29, 0.717) is 23.7 Å². The van der Waals surface area contributed by atoms with Crippen molar-refractivity contribution in [2.24, 2.45) is 5.73 Å². The maximum atomic E-state index is 8.78. The minimum Gasteiger partial charge on any atom is -0.395 e. The summed E-state index contributed by atoms with van der Waals surface area (Å²) in [6, 6.07) is 5.31. The van der Waals surface area contributed by atoms with E-state index >= 15 is 0 Å². The molecule has 0 aliphatic heterocycles. The first kappa shape index (κ1) is 13.0. The molecular weight excluding hydrogens is 226 g/mol. The topological polar surface area (TPSA) is 73.3 Å². The van der Waals surface area contributed by atoms with Crippen molar-refractivity contribution >= 4 is 17.4 Å². The third-order valence-corrected chi connectivity index (χ3v) is 2.64. The summed E-state index contributed by atoms with van der Waals surface area (Å²) in [7, 11) is 1.91. The highest BCUT2D eigenvalue weighted by Gasteiger charge is 2.06. The van der Waals surface area contributed by atoms with Crippen LogP contribution in [-0.4, -0.2) is 36.0 Å². The fourth-order valence-corrected chi connectivity index (χ4v) is 1.62. The van der Waals surface area contributed by atoms with E-state index in [9.17, 15) is 0 Å². The standard InChI is InChI=1S/C11H16ClN3O/c1-15(4-5-16)7-9-3-2-8(11(13)14)6-10(9)12/h2-3,6,16H,4-5,7H2,1H3,(H3,13,14). The van der Waals surface area contributed by atoms with Gasteiger partial charge in [-0.05, 0) is 18.7 Å². The summed E-state index contributed by atoms with van der Waals surface area (Å²) in [5, 5.41) is 16.7. The minimum atomic E-state index is 0.0113. The average molecular weight is 242 g/mol. The Labute approximate surface area is 100 Å². The fourth-order valence-electron chi connectivity index (χ4n) is 1.38. The van der Waals surface area contributed by atoms with Gasteiger partial charge >= 0.3 is 0 Å². The van der Waals surface area contributed by atoms with E-state index in [4.69, 9.17) is 27.9 Å².